The Hall–Kier alpha value is -3.43. The molecule has 9 heteroatoms. The van der Waals surface area contributed by atoms with Crippen molar-refractivity contribution >= 4 is 5.91 Å². The fourth-order valence-corrected chi connectivity index (χ4v) is 2.46. The zero-order valence-electron chi connectivity index (χ0n) is 14.4. The average Bonchev–Trinajstić information content (AvgIpc) is 2.72. The van der Waals surface area contributed by atoms with Gasteiger partial charge in [0.15, 0.2) is 5.92 Å². The van der Waals surface area contributed by atoms with Crippen LogP contribution >= 0.6 is 0 Å². The lowest BCUT2D eigenvalue weighted by atomic mass is 9.99. The predicted molar refractivity (Wildman–Crippen MR) is 92.5 cm³/mol. The van der Waals surface area contributed by atoms with Gasteiger partial charge in [0.1, 0.15) is 12.8 Å². The molecule has 0 aliphatic heterocycles. The van der Waals surface area contributed by atoms with Crippen LogP contribution < -0.4 is 5.32 Å². The monoisotopic (exact) mass is 388 g/mol. The molecule has 2 rings (SSSR count). The van der Waals surface area contributed by atoms with Crippen LogP contribution in [0.1, 0.15) is 23.3 Å². The number of nitriles is 2. The smallest absolute Gasteiger partial charge is 0.315 e. The molecule has 1 aromatic carbocycles. The molecular formula is C19H15F3N4O2. The molecule has 0 radical (unpaired) electrons. The molecule has 6 nitrogen and oxygen atoms in total. The highest BCUT2D eigenvalue weighted by Gasteiger charge is 2.26. The van der Waals surface area contributed by atoms with E-state index in [1.54, 1.807) is 29.6 Å². The fraction of sp³-hybridized carbons (Fsp3) is 0.263. The first-order valence-electron chi connectivity index (χ1n) is 8.09. The topological polar surface area (TPSA) is 110 Å². The minimum atomic E-state index is -3.30. The van der Waals surface area contributed by atoms with Crippen LogP contribution in [0.4, 0.5) is 13.2 Å². The van der Waals surface area contributed by atoms with E-state index in [1.807, 2.05) is 12.1 Å². The molecule has 0 aliphatic carbocycles. The number of rotatable bonds is 7. The van der Waals surface area contributed by atoms with Gasteiger partial charge in [-0.1, -0.05) is 30.3 Å². The molecule has 28 heavy (non-hydrogen) atoms. The van der Waals surface area contributed by atoms with Gasteiger partial charge >= 0.3 is 6.43 Å². The number of aliphatic hydroxyl groups is 1. The van der Waals surface area contributed by atoms with E-state index in [0.717, 1.165) is 0 Å². The van der Waals surface area contributed by atoms with Gasteiger partial charge in [-0.05, 0) is 17.2 Å². The van der Waals surface area contributed by atoms with Crippen molar-refractivity contribution in [3.8, 4) is 23.3 Å². The van der Waals surface area contributed by atoms with E-state index in [-0.39, 0.29) is 5.56 Å². The molecule has 144 valence electrons. The molecule has 1 amide bonds. The lowest BCUT2D eigenvalue weighted by molar-refractivity contribution is -0.133. The van der Waals surface area contributed by atoms with Crippen molar-refractivity contribution in [2.75, 3.05) is 6.67 Å². The SMILES string of the molecule is N#CC(C#N)c1ccc(-c2ccc([C@@H](O)[C@@H](CF)NC(=O)C(F)F)cc2)cn1. The van der Waals surface area contributed by atoms with Gasteiger partial charge in [-0.15, -0.1) is 0 Å². The molecule has 1 aromatic heterocycles. The summed E-state index contributed by atoms with van der Waals surface area (Å²) in [6, 6.07) is 11.5. The molecule has 0 saturated heterocycles. The van der Waals surface area contributed by atoms with Crippen molar-refractivity contribution in [2.24, 2.45) is 0 Å². The maximum absolute atomic E-state index is 13.0. The predicted octanol–water partition coefficient (Wildman–Crippen LogP) is 2.63. The van der Waals surface area contributed by atoms with Gasteiger partial charge in [0.2, 0.25) is 0 Å². The number of hydrogen-bond acceptors (Lipinski definition) is 5. The summed E-state index contributed by atoms with van der Waals surface area (Å²) < 4.78 is 37.6. The Morgan fingerprint density at radius 2 is 1.71 bits per heavy atom. The van der Waals surface area contributed by atoms with E-state index in [2.05, 4.69) is 4.98 Å². The number of hydrogen-bond donors (Lipinski definition) is 2. The van der Waals surface area contributed by atoms with Crippen LogP contribution in [0.3, 0.4) is 0 Å². The summed E-state index contributed by atoms with van der Waals surface area (Å²) in [6.07, 6.45) is -3.33. The fourth-order valence-electron chi connectivity index (χ4n) is 2.46. The summed E-state index contributed by atoms with van der Waals surface area (Å²) in [4.78, 5) is 15.1. The van der Waals surface area contributed by atoms with E-state index in [4.69, 9.17) is 10.5 Å². The summed E-state index contributed by atoms with van der Waals surface area (Å²) in [5.41, 5.74) is 1.92. The molecule has 2 N–H and O–H groups in total. The second-order valence-corrected chi connectivity index (χ2v) is 5.80. The van der Waals surface area contributed by atoms with Gasteiger partial charge < -0.3 is 10.4 Å². The molecule has 0 aliphatic rings. The van der Waals surface area contributed by atoms with Crippen molar-refractivity contribution in [1.82, 2.24) is 10.3 Å². The molecule has 2 aromatic rings. The maximum Gasteiger partial charge on any atom is 0.315 e. The number of halogens is 3. The minimum Gasteiger partial charge on any atom is -0.386 e. The summed E-state index contributed by atoms with van der Waals surface area (Å²) >= 11 is 0. The molecule has 0 saturated carbocycles. The third-order valence-electron chi connectivity index (χ3n) is 4.00. The number of aliphatic hydroxyl groups excluding tert-OH is 1. The van der Waals surface area contributed by atoms with Crippen molar-refractivity contribution in [2.45, 2.75) is 24.5 Å². The standard InChI is InChI=1S/C19H15F3N4O2/c20-7-16(26-19(28)18(21)22)17(27)12-3-1-11(2-4-12)13-5-6-15(25-10-13)14(8-23)9-24/h1-6,10,14,16-18,27H,7H2,(H,26,28)/t16-,17-/m1/s1. The Balaban J connectivity index is 2.15. The van der Waals surface area contributed by atoms with Crippen LogP contribution in [0.15, 0.2) is 42.6 Å². The summed E-state index contributed by atoms with van der Waals surface area (Å²) in [5.74, 6) is -2.62. The number of benzene rings is 1. The zero-order valence-corrected chi connectivity index (χ0v) is 14.4. The molecule has 0 fully saturated rings. The van der Waals surface area contributed by atoms with Gasteiger partial charge in [-0.25, -0.2) is 4.39 Å². The normalized spacial score (nSPS) is 12.9. The van der Waals surface area contributed by atoms with Crippen LogP contribution in [-0.2, 0) is 4.79 Å². The lowest BCUT2D eigenvalue weighted by Crippen LogP contribution is -2.43. The number of pyridine rings is 1. The van der Waals surface area contributed by atoms with E-state index >= 15 is 0 Å². The van der Waals surface area contributed by atoms with E-state index in [1.165, 1.54) is 18.3 Å². The van der Waals surface area contributed by atoms with Crippen molar-refractivity contribution in [1.29, 1.82) is 10.5 Å². The highest BCUT2D eigenvalue weighted by molar-refractivity contribution is 5.79. The van der Waals surface area contributed by atoms with Crippen LogP contribution in [0.25, 0.3) is 11.1 Å². The molecule has 0 spiro atoms. The second kappa shape index (κ2) is 9.49. The minimum absolute atomic E-state index is 0.236. The summed E-state index contributed by atoms with van der Waals surface area (Å²) in [6.45, 7) is -1.22. The zero-order chi connectivity index (χ0) is 20.7. The van der Waals surface area contributed by atoms with Crippen LogP contribution in [-0.4, -0.2) is 35.1 Å². The first-order valence-corrected chi connectivity index (χ1v) is 8.09. The third kappa shape index (κ3) is 4.84. The van der Waals surface area contributed by atoms with Gasteiger partial charge in [0.25, 0.3) is 5.91 Å². The van der Waals surface area contributed by atoms with Crippen LogP contribution in [0.5, 0.6) is 0 Å². The Morgan fingerprint density at radius 3 is 2.18 bits per heavy atom. The van der Waals surface area contributed by atoms with Crippen molar-refractivity contribution in [3.63, 3.8) is 0 Å². The largest absolute Gasteiger partial charge is 0.386 e. The van der Waals surface area contributed by atoms with Crippen molar-refractivity contribution in [3.05, 3.63) is 53.9 Å². The van der Waals surface area contributed by atoms with Crippen LogP contribution in [0, 0.1) is 22.7 Å². The molecule has 2 atom stereocenters. The Kier molecular flexibility index (Phi) is 7.08. The maximum atomic E-state index is 13.0. The Bertz CT molecular complexity index is 875. The van der Waals surface area contributed by atoms with Gasteiger partial charge in [-0.2, -0.15) is 19.3 Å². The third-order valence-corrected chi connectivity index (χ3v) is 4.00. The van der Waals surface area contributed by atoms with Gasteiger partial charge in [0, 0.05) is 11.8 Å². The van der Waals surface area contributed by atoms with Gasteiger partial charge in [-0.3, -0.25) is 9.78 Å². The highest BCUT2D eigenvalue weighted by atomic mass is 19.3. The molecule has 0 bridgehead atoms. The average molecular weight is 388 g/mol. The van der Waals surface area contributed by atoms with Gasteiger partial charge in [0.05, 0.1) is 23.9 Å². The van der Waals surface area contributed by atoms with E-state index in [0.29, 0.717) is 16.8 Å². The Labute approximate surface area is 158 Å². The number of carbonyl (C=O) groups excluding carboxylic acids is 1. The molecule has 0 unspecified atom stereocenters. The summed E-state index contributed by atoms with van der Waals surface area (Å²) in [5, 5.41) is 29.6. The molecule has 1 heterocycles. The first kappa shape index (κ1) is 20.9. The molecular weight excluding hydrogens is 373 g/mol. The Morgan fingerprint density at radius 1 is 1.11 bits per heavy atom. The van der Waals surface area contributed by atoms with E-state index in [9.17, 15) is 23.1 Å². The number of carbonyl (C=O) groups is 1. The second-order valence-electron chi connectivity index (χ2n) is 5.80. The number of nitrogens with one attached hydrogen (secondary N) is 1. The van der Waals surface area contributed by atoms with E-state index < -0.39 is 37.1 Å². The van der Waals surface area contributed by atoms with Crippen LogP contribution in [0.2, 0.25) is 0 Å². The highest BCUT2D eigenvalue weighted by Crippen LogP contribution is 2.24. The lowest BCUT2D eigenvalue weighted by Gasteiger charge is -2.22. The quantitative estimate of drug-likeness (QED) is 0.758. The number of aromatic nitrogens is 1. The summed E-state index contributed by atoms with van der Waals surface area (Å²) in [7, 11) is 0. The first-order chi connectivity index (χ1) is 13.4. The number of nitrogens with zero attached hydrogens (tertiary/aromatic N) is 3. The van der Waals surface area contributed by atoms with Crippen molar-refractivity contribution < 1.29 is 23.1 Å². The number of amides is 1. The number of alkyl halides is 3.